The van der Waals surface area contributed by atoms with Crippen LogP contribution in [-0.2, 0) is 0 Å². The third-order valence-corrected chi connectivity index (χ3v) is 7.81. The molecule has 0 radical (unpaired) electrons. The van der Waals surface area contributed by atoms with E-state index in [2.05, 4.69) is 38.3 Å². The van der Waals surface area contributed by atoms with Crippen LogP contribution in [0.4, 0.5) is 17.6 Å². The van der Waals surface area contributed by atoms with Gasteiger partial charge < -0.3 is 0 Å². The van der Waals surface area contributed by atoms with Gasteiger partial charge in [0.05, 0.1) is 37.0 Å². The fourth-order valence-corrected chi connectivity index (χ4v) is 5.78. The molecule has 3 fully saturated rings. The molecular formula is C25H36F4N6. The second kappa shape index (κ2) is 11.0. The van der Waals surface area contributed by atoms with Crippen LogP contribution in [0, 0.1) is 5.92 Å². The van der Waals surface area contributed by atoms with Crippen molar-refractivity contribution >= 4 is 6.72 Å². The van der Waals surface area contributed by atoms with Crippen LogP contribution >= 0.6 is 0 Å². The summed E-state index contributed by atoms with van der Waals surface area (Å²) in [7, 11) is 0. The number of azo groups is 1. The van der Waals surface area contributed by atoms with Crippen molar-refractivity contribution in [3.8, 4) is 0 Å². The van der Waals surface area contributed by atoms with Crippen LogP contribution in [0.3, 0.4) is 0 Å². The summed E-state index contributed by atoms with van der Waals surface area (Å²) in [6.45, 7) is 13.6. The summed E-state index contributed by atoms with van der Waals surface area (Å²) < 4.78 is 56.1. The summed E-state index contributed by atoms with van der Waals surface area (Å²) in [5.74, 6) is -3.25. The number of alkyl halides is 2. The average Bonchev–Trinajstić information content (AvgIpc) is 3.54. The van der Waals surface area contributed by atoms with E-state index in [1.807, 2.05) is 0 Å². The van der Waals surface area contributed by atoms with Crippen LogP contribution in [0.1, 0.15) is 26.2 Å². The molecule has 6 nitrogen and oxygen atoms in total. The Kier molecular flexibility index (Phi) is 8.23. The normalized spacial score (nSPS) is 34.5. The molecule has 4 aliphatic rings. The topological polar surface area (TPSA) is 46.8 Å². The summed E-state index contributed by atoms with van der Waals surface area (Å²) >= 11 is 0. The summed E-state index contributed by atoms with van der Waals surface area (Å²) in [5.41, 5.74) is 0.222. The van der Waals surface area contributed by atoms with Gasteiger partial charge >= 0.3 is 0 Å². The number of allylic oxidation sites excluding steroid dienone is 3. The van der Waals surface area contributed by atoms with E-state index < -0.39 is 23.6 Å². The van der Waals surface area contributed by atoms with Gasteiger partial charge in [0.2, 0.25) is 0 Å². The first-order valence-corrected chi connectivity index (χ1v) is 12.5. The van der Waals surface area contributed by atoms with E-state index >= 15 is 4.39 Å². The van der Waals surface area contributed by atoms with Crippen molar-refractivity contribution in [1.29, 1.82) is 0 Å². The second-order valence-electron chi connectivity index (χ2n) is 10.2. The largest absolute Gasteiger partial charge is 0.296 e. The molecule has 10 heteroatoms. The van der Waals surface area contributed by atoms with Crippen molar-refractivity contribution < 1.29 is 17.6 Å². The molecule has 0 aliphatic carbocycles. The van der Waals surface area contributed by atoms with Gasteiger partial charge in [0, 0.05) is 57.6 Å². The fraction of sp³-hybridized carbons (Fsp3) is 0.720. The highest BCUT2D eigenvalue weighted by molar-refractivity contribution is 5.35. The lowest BCUT2D eigenvalue weighted by Gasteiger charge is -2.46. The van der Waals surface area contributed by atoms with Crippen LogP contribution in [-0.4, -0.2) is 104 Å². The molecule has 5 atom stereocenters. The first kappa shape index (κ1) is 26.2. The maximum atomic E-state index is 15.1. The average molecular weight is 497 g/mol. The van der Waals surface area contributed by atoms with Crippen LogP contribution in [0.5, 0.6) is 0 Å². The van der Waals surface area contributed by atoms with E-state index in [0.29, 0.717) is 38.5 Å². The van der Waals surface area contributed by atoms with Gasteiger partial charge in [0.15, 0.2) is 0 Å². The highest BCUT2D eigenvalue weighted by Gasteiger charge is 2.45. The van der Waals surface area contributed by atoms with Crippen molar-refractivity contribution in [3.05, 3.63) is 36.0 Å². The Morgan fingerprint density at radius 2 is 1.97 bits per heavy atom. The van der Waals surface area contributed by atoms with E-state index in [4.69, 9.17) is 0 Å². The van der Waals surface area contributed by atoms with E-state index in [1.165, 1.54) is 0 Å². The van der Waals surface area contributed by atoms with Crippen molar-refractivity contribution in [2.45, 2.75) is 56.3 Å². The number of hydrogen-bond donors (Lipinski definition) is 0. The number of likely N-dealkylation sites (tertiary alicyclic amines) is 3. The number of halogens is 4. The quantitative estimate of drug-likeness (QED) is 0.272. The van der Waals surface area contributed by atoms with Crippen LogP contribution < -0.4 is 0 Å². The highest BCUT2D eigenvalue weighted by atomic mass is 19.3. The molecule has 3 saturated heterocycles. The molecule has 0 aromatic heterocycles. The number of fused-ring (bicyclic) bond motifs is 1. The molecule has 0 saturated carbocycles. The zero-order chi connectivity index (χ0) is 25.2. The maximum absolute atomic E-state index is 15.1. The Bertz CT molecular complexity index is 887. The summed E-state index contributed by atoms with van der Waals surface area (Å²) in [4.78, 5) is 10.6. The lowest BCUT2D eigenvalue weighted by molar-refractivity contribution is 0.00935. The standard InChI is InChI=1S/C25H36F4N6/c1-4-19(26)5-6-21(27)17(2)24-22(30-3)11-20(35-13-18-12-31-32-23(18)15-35)14-34(24)10-9-33-8-7-25(28,29)16-33/h5-6,18,20,22-24H,2-4,7-16H2,1H3. The van der Waals surface area contributed by atoms with Crippen molar-refractivity contribution in [3.63, 3.8) is 0 Å². The number of nitrogens with zero attached hydrogens (tertiary/aromatic N) is 6. The SMILES string of the molecule is C=NC1CC(N2CC3CN=NC3C2)CN(CCN2CCC(F)(F)C2)C1C(=C)C(F)=CC=C(F)CC. The van der Waals surface area contributed by atoms with Crippen molar-refractivity contribution in [2.75, 3.05) is 52.4 Å². The minimum absolute atomic E-state index is 0.138. The van der Waals surface area contributed by atoms with E-state index in [9.17, 15) is 13.2 Å². The molecule has 4 aliphatic heterocycles. The molecule has 0 N–H and O–H groups in total. The van der Waals surface area contributed by atoms with Gasteiger partial charge in [-0.05, 0) is 37.3 Å². The molecule has 0 aromatic carbocycles. The van der Waals surface area contributed by atoms with Gasteiger partial charge in [0.25, 0.3) is 5.92 Å². The van der Waals surface area contributed by atoms with Crippen LogP contribution in [0.25, 0.3) is 0 Å². The van der Waals surface area contributed by atoms with E-state index in [-0.39, 0.29) is 43.1 Å². The van der Waals surface area contributed by atoms with Gasteiger partial charge in [-0.2, -0.15) is 10.2 Å². The molecule has 5 unspecified atom stereocenters. The number of piperidine rings is 1. The third-order valence-electron chi connectivity index (χ3n) is 7.81. The Hall–Kier alpha value is -1.91. The number of hydrogen-bond acceptors (Lipinski definition) is 6. The first-order valence-electron chi connectivity index (χ1n) is 12.5. The Morgan fingerprint density at radius 1 is 1.17 bits per heavy atom. The molecule has 0 bridgehead atoms. The Morgan fingerprint density at radius 3 is 2.63 bits per heavy atom. The summed E-state index contributed by atoms with van der Waals surface area (Å²) in [5, 5.41) is 8.53. The molecule has 0 amide bonds. The third kappa shape index (κ3) is 6.09. The Balaban J connectivity index is 1.52. The molecule has 4 heterocycles. The Labute approximate surface area is 205 Å². The molecule has 0 aromatic rings. The van der Waals surface area contributed by atoms with Crippen LogP contribution in [0.2, 0.25) is 0 Å². The molecule has 0 spiro atoms. The minimum Gasteiger partial charge on any atom is -0.296 e. The minimum atomic E-state index is -2.66. The van der Waals surface area contributed by atoms with E-state index in [1.54, 1.807) is 11.8 Å². The summed E-state index contributed by atoms with van der Waals surface area (Å²) in [6, 6.07) is -0.399. The molecule has 4 rings (SSSR count). The highest BCUT2D eigenvalue weighted by Crippen LogP contribution is 2.35. The van der Waals surface area contributed by atoms with Gasteiger partial charge in [-0.25, -0.2) is 17.6 Å². The second-order valence-corrected chi connectivity index (χ2v) is 10.2. The van der Waals surface area contributed by atoms with Gasteiger partial charge in [-0.1, -0.05) is 13.5 Å². The molecule has 194 valence electrons. The molecule has 35 heavy (non-hydrogen) atoms. The van der Waals surface area contributed by atoms with Gasteiger partial charge in [-0.3, -0.25) is 19.7 Å². The maximum Gasteiger partial charge on any atom is 0.261 e. The molecular weight excluding hydrogens is 460 g/mol. The summed E-state index contributed by atoms with van der Waals surface area (Å²) in [6.07, 6.45) is 2.97. The first-order chi connectivity index (χ1) is 16.7. The lowest BCUT2D eigenvalue weighted by Crippen LogP contribution is -2.59. The lowest BCUT2D eigenvalue weighted by atomic mass is 9.87. The predicted octanol–water partition coefficient (Wildman–Crippen LogP) is 4.28. The van der Waals surface area contributed by atoms with E-state index in [0.717, 1.165) is 31.8 Å². The zero-order valence-electron chi connectivity index (χ0n) is 20.4. The number of aliphatic imine (C=N–C) groups is 1. The smallest absolute Gasteiger partial charge is 0.261 e. The monoisotopic (exact) mass is 496 g/mol. The fourth-order valence-electron chi connectivity index (χ4n) is 5.78. The van der Waals surface area contributed by atoms with Crippen molar-refractivity contribution in [1.82, 2.24) is 14.7 Å². The van der Waals surface area contributed by atoms with Crippen LogP contribution in [0.15, 0.2) is 51.2 Å². The number of rotatable bonds is 9. The van der Waals surface area contributed by atoms with Gasteiger partial charge in [0.1, 0.15) is 5.83 Å². The predicted molar refractivity (Wildman–Crippen MR) is 129 cm³/mol. The van der Waals surface area contributed by atoms with Gasteiger partial charge in [-0.15, -0.1) is 0 Å². The van der Waals surface area contributed by atoms with Crippen molar-refractivity contribution in [2.24, 2.45) is 21.1 Å². The zero-order valence-corrected chi connectivity index (χ0v) is 20.4.